The van der Waals surface area contributed by atoms with Crippen molar-refractivity contribution in [3.8, 4) is 5.75 Å². The molecule has 1 fully saturated rings. The molecule has 0 aromatic heterocycles. The molecule has 1 saturated heterocycles. The van der Waals surface area contributed by atoms with Crippen LogP contribution in [0.25, 0.3) is 0 Å². The lowest BCUT2D eigenvalue weighted by atomic mass is 10.1. The van der Waals surface area contributed by atoms with Gasteiger partial charge in [-0.1, -0.05) is 0 Å². The van der Waals surface area contributed by atoms with Gasteiger partial charge in [0.05, 0.1) is 19.8 Å². The van der Waals surface area contributed by atoms with Crippen LogP contribution in [0.5, 0.6) is 5.75 Å². The van der Waals surface area contributed by atoms with E-state index in [2.05, 4.69) is 0 Å². The Hall–Kier alpha value is -1.39. The molecule has 1 aliphatic rings. The van der Waals surface area contributed by atoms with Crippen LogP contribution in [0.1, 0.15) is 0 Å². The number of hydrogen-bond donors (Lipinski definition) is 0. The average molecular weight is 343 g/mol. The van der Waals surface area contributed by atoms with Crippen molar-refractivity contribution in [2.24, 2.45) is 5.92 Å². The fourth-order valence-corrected chi connectivity index (χ4v) is 2.78. The predicted octanol–water partition coefficient (Wildman–Crippen LogP) is 1.52. The molecule has 0 N–H and O–H groups in total. The predicted molar refractivity (Wildman–Crippen MR) is 67.0 cm³/mol. The SMILES string of the molecule is CN(C)S(=O)(=O)c1c(F)c(F)c(F)c(F)c1OCC1COC1. The van der Waals surface area contributed by atoms with Crippen molar-refractivity contribution in [3.63, 3.8) is 0 Å². The Morgan fingerprint density at radius 1 is 1.09 bits per heavy atom. The van der Waals surface area contributed by atoms with Gasteiger partial charge < -0.3 is 9.47 Å². The van der Waals surface area contributed by atoms with Gasteiger partial charge in [-0.05, 0) is 0 Å². The van der Waals surface area contributed by atoms with Gasteiger partial charge in [0.1, 0.15) is 0 Å². The van der Waals surface area contributed by atoms with Gasteiger partial charge in [0.15, 0.2) is 22.3 Å². The summed E-state index contributed by atoms with van der Waals surface area (Å²) in [6.07, 6.45) is 0. The molecule has 0 radical (unpaired) electrons. The second kappa shape index (κ2) is 6.01. The molecule has 0 bridgehead atoms. The number of benzene rings is 1. The van der Waals surface area contributed by atoms with E-state index in [0.717, 1.165) is 14.1 Å². The van der Waals surface area contributed by atoms with Gasteiger partial charge in [-0.3, -0.25) is 0 Å². The van der Waals surface area contributed by atoms with E-state index in [0.29, 0.717) is 17.5 Å². The van der Waals surface area contributed by atoms with Crippen LogP contribution in [0.15, 0.2) is 4.90 Å². The first-order valence-corrected chi connectivity index (χ1v) is 7.61. The molecular weight excluding hydrogens is 330 g/mol. The van der Waals surface area contributed by atoms with Crippen LogP contribution in [0, 0.1) is 29.2 Å². The van der Waals surface area contributed by atoms with Crippen molar-refractivity contribution < 1.29 is 35.5 Å². The zero-order chi connectivity index (χ0) is 16.7. The van der Waals surface area contributed by atoms with Crippen LogP contribution in [-0.4, -0.2) is 46.6 Å². The lowest BCUT2D eigenvalue weighted by molar-refractivity contribution is -0.0518. The summed E-state index contributed by atoms with van der Waals surface area (Å²) in [6.45, 7) is 0.379. The lowest BCUT2D eigenvalue weighted by Crippen LogP contribution is -2.33. The molecule has 0 aliphatic carbocycles. The molecule has 0 atom stereocenters. The van der Waals surface area contributed by atoms with Crippen LogP contribution in [-0.2, 0) is 14.8 Å². The molecule has 1 aromatic rings. The maximum atomic E-state index is 13.9. The van der Waals surface area contributed by atoms with Gasteiger partial charge in [-0.15, -0.1) is 0 Å². The third kappa shape index (κ3) is 2.77. The van der Waals surface area contributed by atoms with Crippen molar-refractivity contribution in [2.45, 2.75) is 4.90 Å². The highest BCUT2D eigenvalue weighted by molar-refractivity contribution is 7.89. The van der Waals surface area contributed by atoms with Gasteiger partial charge in [0.25, 0.3) is 0 Å². The standard InChI is InChI=1S/C12H13F4NO4S/c1-17(2)22(18,19)12-10(16)8(14)7(13)9(15)11(12)21-5-6-3-20-4-6/h6H,3-5H2,1-2H3. The van der Waals surface area contributed by atoms with Crippen molar-refractivity contribution in [2.75, 3.05) is 33.9 Å². The smallest absolute Gasteiger partial charge is 0.249 e. The minimum absolute atomic E-state index is 0.162. The van der Waals surface area contributed by atoms with E-state index in [1.807, 2.05) is 0 Å². The average Bonchev–Trinajstić information content (AvgIpc) is 2.39. The second-order valence-corrected chi connectivity index (χ2v) is 7.00. The Labute approximate surface area is 124 Å². The summed E-state index contributed by atoms with van der Waals surface area (Å²) in [6, 6.07) is 0. The van der Waals surface area contributed by atoms with E-state index in [1.54, 1.807) is 0 Å². The number of ether oxygens (including phenoxy) is 2. The summed E-state index contributed by atoms with van der Waals surface area (Å²) < 4.78 is 88.8. The monoisotopic (exact) mass is 343 g/mol. The fourth-order valence-electron chi connectivity index (χ4n) is 1.72. The summed E-state index contributed by atoms with van der Waals surface area (Å²) in [4.78, 5) is -1.37. The molecule has 5 nitrogen and oxygen atoms in total. The highest BCUT2D eigenvalue weighted by atomic mass is 32.2. The van der Waals surface area contributed by atoms with E-state index in [-0.39, 0.29) is 12.5 Å². The van der Waals surface area contributed by atoms with Gasteiger partial charge >= 0.3 is 0 Å². The van der Waals surface area contributed by atoms with Crippen LogP contribution < -0.4 is 4.74 Å². The number of rotatable bonds is 5. The second-order valence-electron chi connectivity index (χ2n) is 4.92. The van der Waals surface area contributed by atoms with E-state index >= 15 is 0 Å². The Kier molecular flexibility index (Phi) is 4.64. The maximum absolute atomic E-state index is 13.9. The zero-order valence-electron chi connectivity index (χ0n) is 11.7. The molecule has 2 rings (SSSR count). The van der Waals surface area contributed by atoms with Gasteiger partial charge in [0, 0.05) is 20.0 Å². The van der Waals surface area contributed by atoms with Crippen LogP contribution in [0.2, 0.25) is 0 Å². The number of nitrogens with zero attached hydrogens (tertiary/aromatic N) is 1. The topological polar surface area (TPSA) is 55.8 Å². The molecule has 1 aromatic carbocycles. The first kappa shape index (κ1) is 17.0. The lowest BCUT2D eigenvalue weighted by Gasteiger charge is -2.26. The highest BCUT2D eigenvalue weighted by Crippen LogP contribution is 2.35. The largest absolute Gasteiger partial charge is 0.488 e. The van der Waals surface area contributed by atoms with Crippen molar-refractivity contribution in [3.05, 3.63) is 23.3 Å². The van der Waals surface area contributed by atoms with Crippen molar-refractivity contribution >= 4 is 10.0 Å². The number of halogens is 4. The number of hydrogen-bond acceptors (Lipinski definition) is 4. The first-order chi connectivity index (χ1) is 10.2. The first-order valence-electron chi connectivity index (χ1n) is 6.17. The molecule has 10 heteroatoms. The van der Waals surface area contributed by atoms with E-state index < -0.39 is 43.9 Å². The molecule has 124 valence electrons. The van der Waals surface area contributed by atoms with Crippen molar-refractivity contribution in [1.29, 1.82) is 0 Å². The Morgan fingerprint density at radius 3 is 2.09 bits per heavy atom. The summed E-state index contributed by atoms with van der Waals surface area (Å²) in [5.41, 5.74) is 0. The molecule has 0 spiro atoms. The van der Waals surface area contributed by atoms with Crippen LogP contribution in [0.4, 0.5) is 17.6 Å². The number of sulfonamides is 1. The Bertz CT molecular complexity index is 689. The quantitative estimate of drug-likeness (QED) is 0.462. The van der Waals surface area contributed by atoms with Crippen LogP contribution in [0.3, 0.4) is 0 Å². The van der Waals surface area contributed by atoms with E-state index in [4.69, 9.17) is 9.47 Å². The Balaban J connectivity index is 2.57. The molecule has 1 heterocycles. The van der Waals surface area contributed by atoms with E-state index in [1.165, 1.54) is 0 Å². The highest BCUT2D eigenvalue weighted by Gasteiger charge is 2.36. The third-order valence-corrected chi connectivity index (χ3v) is 4.93. The molecule has 1 aliphatic heterocycles. The summed E-state index contributed by atoms with van der Waals surface area (Å²) in [5, 5.41) is 0. The van der Waals surface area contributed by atoms with Gasteiger partial charge in [-0.2, -0.15) is 4.39 Å². The molecular formula is C12H13F4NO4S. The fraction of sp³-hybridized carbons (Fsp3) is 0.500. The summed E-state index contributed by atoms with van der Waals surface area (Å²) in [5.74, 6) is -9.58. The maximum Gasteiger partial charge on any atom is 0.249 e. The zero-order valence-corrected chi connectivity index (χ0v) is 12.5. The minimum atomic E-state index is -4.58. The Morgan fingerprint density at radius 2 is 1.64 bits per heavy atom. The minimum Gasteiger partial charge on any atom is -0.488 e. The molecule has 0 amide bonds. The molecule has 0 unspecified atom stereocenters. The van der Waals surface area contributed by atoms with E-state index in [9.17, 15) is 26.0 Å². The summed E-state index contributed by atoms with van der Waals surface area (Å²) in [7, 11) is -2.50. The molecule has 22 heavy (non-hydrogen) atoms. The third-order valence-electron chi connectivity index (χ3n) is 3.09. The molecule has 0 saturated carbocycles. The van der Waals surface area contributed by atoms with Gasteiger partial charge in [0.2, 0.25) is 21.7 Å². The van der Waals surface area contributed by atoms with Gasteiger partial charge in [-0.25, -0.2) is 25.9 Å². The van der Waals surface area contributed by atoms with Crippen molar-refractivity contribution in [1.82, 2.24) is 4.31 Å². The summed E-state index contributed by atoms with van der Waals surface area (Å²) >= 11 is 0. The van der Waals surface area contributed by atoms with Crippen LogP contribution >= 0.6 is 0 Å². The normalized spacial score (nSPS) is 16.0.